The number of benzene rings is 2. The Labute approximate surface area is 137 Å². The summed E-state index contributed by atoms with van der Waals surface area (Å²) >= 11 is 0. The Morgan fingerprint density at radius 3 is 2.43 bits per heavy atom. The SMILES string of the molecule is N#Cc1cccc2[nH]c(CCCCCCc3ccccc3)nc12. The van der Waals surface area contributed by atoms with Crippen molar-refractivity contribution in [1.29, 1.82) is 5.26 Å². The lowest BCUT2D eigenvalue weighted by molar-refractivity contribution is 0.632. The van der Waals surface area contributed by atoms with Crippen molar-refractivity contribution in [2.45, 2.75) is 38.5 Å². The summed E-state index contributed by atoms with van der Waals surface area (Å²) in [6.45, 7) is 0. The highest BCUT2D eigenvalue weighted by atomic mass is 14.9. The molecule has 0 saturated carbocycles. The molecule has 1 heterocycles. The maximum absolute atomic E-state index is 9.11. The molecule has 0 aliphatic heterocycles. The zero-order valence-corrected chi connectivity index (χ0v) is 13.3. The first-order chi connectivity index (χ1) is 11.4. The van der Waals surface area contributed by atoms with Crippen molar-refractivity contribution in [3.05, 3.63) is 65.5 Å². The van der Waals surface area contributed by atoms with Crippen molar-refractivity contribution in [1.82, 2.24) is 9.97 Å². The molecular formula is C20H21N3. The van der Waals surface area contributed by atoms with E-state index in [4.69, 9.17) is 5.26 Å². The number of aromatic nitrogens is 2. The minimum atomic E-state index is 0.646. The van der Waals surface area contributed by atoms with E-state index in [1.54, 1.807) is 0 Å². The summed E-state index contributed by atoms with van der Waals surface area (Å²) in [4.78, 5) is 7.90. The van der Waals surface area contributed by atoms with Gasteiger partial charge in [-0.2, -0.15) is 5.26 Å². The Morgan fingerprint density at radius 2 is 1.65 bits per heavy atom. The molecule has 23 heavy (non-hydrogen) atoms. The second kappa shape index (κ2) is 7.60. The van der Waals surface area contributed by atoms with Gasteiger partial charge in [-0.15, -0.1) is 0 Å². The van der Waals surface area contributed by atoms with Crippen LogP contribution in [0.25, 0.3) is 11.0 Å². The minimum absolute atomic E-state index is 0.646. The fourth-order valence-electron chi connectivity index (χ4n) is 2.91. The van der Waals surface area contributed by atoms with Crippen molar-refractivity contribution in [3.63, 3.8) is 0 Å². The van der Waals surface area contributed by atoms with Gasteiger partial charge in [0.05, 0.1) is 11.1 Å². The first-order valence-corrected chi connectivity index (χ1v) is 8.28. The second-order valence-corrected chi connectivity index (χ2v) is 5.90. The molecule has 0 saturated heterocycles. The number of rotatable bonds is 7. The Hall–Kier alpha value is -2.60. The summed E-state index contributed by atoms with van der Waals surface area (Å²) in [6.07, 6.45) is 6.95. The summed E-state index contributed by atoms with van der Waals surface area (Å²) in [6, 6.07) is 18.6. The first-order valence-electron chi connectivity index (χ1n) is 8.28. The molecule has 0 atom stereocenters. The maximum Gasteiger partial charge on any atom is 0.107 e. The zero-order valence-electron chi connectivity index (χ0n) is 13.3. The van der Waals surface area contributed by atoms with E-state index in [-0.39, 0.29) is 0 Å². The molecule has 0 unspecified atom stereocenters. The van der Waals surface area contributed by atoms with Crippen LogP contribution >= 0.6 is 0 Å². The largest absolute Gasteiger partial charge is 0.342 e. The van der Waals surface area contributed by atoms with E-state index < -0.39 is 0 Å². The van der Waals surface area contributed by atoms with Crippen LogP contribution in [-0.2, 0) is 12.8 Å². The first kappa shape index (κ1) is 15.3. The lowest BCUT2D eigenvalue weighted by Crippen LogP contribution is -1.90. The molecule has 0 fully saturated rings. The summed E-state index contributed by atoms with van der Waals surface area (Å²) < 4.78 is 0. The molecule has 1 aromatic heterocycles. The van der Waals surface area contributed by atoms with Crippen molar-refractivity contribution in [2.24, 2.45) is 0 Å². The standard InChI is InChI=1S/C20H21N3/c21-15-17-12-8-13-18-20(17)23-19(22-18)14-7-2-1-4-9-16-10-5-3-6-11-16/h3,5-6,8,10-13H,1-2,4,7,9,14H2,(H,22,23). The lowest BCUT2D eigenvalue weighted by atomic mass is 10.1. The van der Waals surface area contributed by atoms with Crippen LogP contribution in [0.5, 0.6) is 0 Å². The molecule has 3 nitrogen and oxygen atoms in total. The molecule has 0 aliphatic carbocycles. The number of hydrogen-bond acceptors (Lipinski definition) is 2. The third-order valence-electron chi connectivity index (χ3n) is 4.15. The fourth-order valence-corrected chi connectivity index (χ4v) is 2.91. The van der Waals surface area contributed by atoms with Crippen LogP contribution < -0.4 is 0 Å². The highest BCUT2D eigenvalue weighted by Crippen LogP contribution is 2.17. The number of imidazole rings is 1. The summed E-state index contributed by atoms with van der Waals surface area (Å²) in [5.41, 5.74) is 3.83. The van der Waals surface area contributed by atoms with Crippen molar-refractivity contribution >= 4 is 11.0 Å². The van der Waals surface area contributed by atoms with E-state index in [2.05, 4.69) is 46.4 Å². The van der Waals surface area contributed by atoms with Gasteiger partial charge in [-0.25, -0.2) is 4.98 Å². The zero-order chi connectivity index (χ0) is 15.9. The lowest BCUT2D eigenvalue weighted by Gasteiger charge is -2.01. The van der Waals surface area contributed by atoms with Crippen molar-refractivity contribution < 1.29 is 0 Å². The second-order valence-electron chi connectivity index (χ2n) is 5.90. The topological polar surface area (TPSA) is 52.5 Å². The Morgan fingerprint density at radius 1 is 0.870 bits per heavy atom. The quantitative estimate of drug-likeness (QED) is 0.639. The van der Waals surface area contributed by atoms with Crippen LogP contribution in [0.4, 0.5) is 0 Å². The predicted molar refractivity (Wildman–Crippen MR) is 93.1 cm³/mol. The van der Waals surface area contributed by atoms with Gasteiger partial charge in [0.1, 0.15) is 17.4 Å². The smallest absolute Gasteiger partial charge is 0.107 e. The highest BCUT2D eigenvalue weighted by Gasteiger charge is 2.06. The van der Waals surface area contributed by atoms with E-state index in [9.17, 15) is 0 Å². The van der Waals surface area contributed by atoms with Gasteiger partial charge in [0, 0.05) is 6.42 Å². The van der Waals surface area contributed by atoms with Gasteiger partial charge in [-0.05, 0) is 37.0 Å². The molecular weight excluding hydrogens is 282 g/mol. The molecule has 3 rings (SSSR count). The average molecular weight is 303 g/mol. The Bertz CT molecular complexity index is 797. The van der Waals surface area contributed by atoms with Gasteiger partial charge in [-0.1, -0.05) is 49.2 Å². The Balaban J connectivity index is 1.43. The number of nitriles is 1. The van der Waals surface area contributed by atoms with Gasteiger partial charge in [-0.3, -0.25) is 0 Å². The molecule has 0 bridgehead atoms. The Kier molecular flexibility index (Phi) is 5.06. The van der Waals surface area contributed by atoms with Crippen LogP contribution in [0, 0.1) is 11.3 Å². The van der Waals surface area contributed by atoms with Crippen LogP contribution in [0.1, 0.15) is 42.6 Å². The molecule has 2 aromatic carbocycles. The summed E-state index contributed by atoms with van der Waals surface area (Å²) in [7, 11) is 0. The molecule has 3 aromatic rings. The number of aromatic amines is 1. The molecule has 1 N–H and O–H groups in total. The predicted octanol–water partition coefficient (Wildman–Crippen LogP) is 4.78. The van der Waals surface area contributed by atoms with Gasteiger partial charge in [0.2, 0.25) is 0 Å². The molecule has 0 radical (unpaired) electrons. The number of fused-ring (bicyclic) bond motifs is 1. The number of para-hydroxylation sites is 1. The number of hydrogen-bond donors (Lipinski definition) is 1. The van der Waals surface area contributed by atoms with Crippen molar-refractivity contribution in [2.75, 3.05) is 0 Å². The van der Waals surface area contributed by atoms with E-state index >= 15 is 0 Å². The van der Waals surface area contributed by atoms with Crippen LogP contribution in [0.3, 0.4) is 0 Å². The minimum Gasteiger partial charge on any atom is -0.342 e. The number of aryl methyl sites for hydroxylation is 2. The van der Waals surface area contributed by atoms with Gasteiger partial charge >= 0.3 is 0 Å². The summed E-state index contributed by atoms with van der Waals surface area (Å²) in [5, 5.41) is 9.11. The average Bonchev–Trinajstić information content (AvgIpc) is 3.01. The number of unbranched alkanes of at least 4 members (excludes halogenated alkanes) is 3. The third kappa shape index (κ3) is 3.98. The third-order valence-corrected chi connectivity index (χ3v) is 4.15. The molecule has 3 heteroatoms. The fraction of sp³-hybridized carbons (Fsp3) is 0.300. The molecule has 0 spiro atoms. The molecule has 116 valence electrons. The number of H-pyrrole nitrogens is 1. The molecule has 0 amide bonds. The number of nitrogens with one attached hydrogen (secondary N) is 1. The van der Waals surface area contributed by atoms with E-state index in [1.165, 1.54) is 24.8 Å². The number of nitrogens with zero attached hydrogens (tertiary/aromatic N) is 2. The van der Waals surface area contributed by atoms with E-state index in [0.29, 0.717) is 5.56 Å². The van der Waals surface area contributed by atoms with Crippen LogP contribution in [0.2, 0.25) is 0 Å². The highest BCUT2D eigenvalue weighted by molar-refractivity contribution is 5.81. The van der Waals surface area contributed by atoms with Gasteiger partial charge in [0.25, 0.3) is 0 Å². The van der Waals surface area contributed by atoms with E-state index in [0.717, 1.165) is 36.1 Å². The summed E-state index contributed by atoms with van der Waals surface area (Å²) in [5.74, 6) is 0.991. The maximum atomic E-state index is 9.11. The van der Waals surface area contributed by atoms with Crippen LogP contribution in [-0.4, -0.2) is 9.97 Å². The van der Waals surface area contributed by atoms with Crippen LogP contribution in [0.15, 0.2) is 48.5 Å². The van der Waals surface area contributed by atoms with Gasteiger partial charge in [0.15, 0.2) is 0 Å². The normalized spacial score (nSPS) is 10.7. The van der Waals surface area contributed by atoms with Gasteiger partial charge < -0.3 is 4.98 Å². The van der Waals surface area contributed by atoms with Crippen molar-refractivity contribution in [3.8, 4) is 6.07 Å². The van der Waals surface area contributed by atoms with E-state index in [1.807, 2.05) is 18.2 Å². The molecule has 0 aliphatic rings. The monoisotopic (exact) mass is 303 g/mol.